The summed E-state index contributed by atoms with van der Waals surface area (Å²) in [4.78, 5) is 25.8. The van der Waals surface area contributed by atoms with Gasteiger partial charge < -0.3 is 19.5 Å². The number of amides is 2. The predicted octanol–water partition coefficient (Wildman–Crippen LogP) is 0.338. The summed E-state index contributed by atoms with van der Waals surface area (Å²) in [6, 6.07) is 0. The number of nitrogens with zero attached hydrogens (tertiary/aromatic N) is 2. The third-order valence-electron chi connectivity index (χ3n) is 4.35. The number of rotatable bonds is 3. The fourth-order valence-corrected chi connectivity index (χ4v) is 3.15. The van der Waals surface area contributed by atoms with Crippen LogP contribution in [0.2, 0.25) is 0 Å². The summed E-state index contributed by atoms with van der Waals surface area (Å²) in [5.41, 5.74) is 1.03. The zero-order chi connectivity index (χ0) is 15.0. The van der Waals surface area contributed by atoms with Gasteiger partial charge in [0.05, 0.1) is 12.2 Å². The number of piperidine rings is 1. The molecule has 0 bridgehead atoms. The molecule has 3 heterocycles. The Kier molecular flexibility index (Phi) is 3.67. The van der Waals surface area contributed by atoms with E-state index in [1.54, 1.807) is 18.9 Å². The molecule has 21 heavy (non-hydrogen) atoms. The maximum Gasteiger partial charge on any atom is 0.276 e. The quantitative estimate of drug-likeness (QED) is 0.868. The van der Waals surface area contributed by atoms with Gasteiger partial charge >= 0.3 is 0 Å². The fourth-order valence-electron chi connectivity index (χ4n) is 3.15. The Bertz CT molecular complexity index is 569. The van der Waals surface area contributed by atoms with Gasteiger partial charge in [0.15, 0.2) is 5.69 Å². The van der Waals surface area contributed by atoms with Gasteiger partial charge in [-0.2, -0.15) is 0 Å². The molecule has 1 aromatic heterocycles. The Morgan fingerprint density at radius 1 is 1.48 bits per heavy atom. The number of likely N-dealkylation sites (tertiary alicyclic amines) is 1. The Balaban J connectivity index is 1.76. The first-order chi connectivity index (χ1) is 10.1. The highest BCUT2D eigenvalue weighted by Gasteiger charge is 2.40. The van der Waals surface area contributed by atoms with Crippen LogP contribution in [0.1, 0.15) is 28.2 Å². The average Bonchev–Trinajstić information content (AvgIpc) is 3.03. The molecule has 0 aromatic carbocycles. The molecule has 2 amide bonds. The van der Waals surface area contributed by atoms with Crippen molar-refractivity contribution in [3.63, 3.8) is 0 Å². The number of aromatic nitrogens is 1. The van der Waals surface area contributed by atoms with Crippen molar-refractivity contribution in [1.29, 1.82) is 0 Å². The van der Waals surface area contributed by atoms with Crippen LogP contribution in [0.15, 0.2) is 4.52 Å². The Morgan fingerprint density at radius 3 is 3.00 bits per heavy atom. The molecule has 2 aliphatic rings. The molecule has 0 spiro atoms. The van der Waals surface area contributed by atoms with Gasteiger partial charge in [0, 0.05) is 33.2 Å². The van der Waals surface area contributed by atoms with Crippen LogP contribution < -0.4 is 5.32 Å². The SMILES string of the molecule is COCc1c(C(=O)N2C[C@H]3CNC(=O)C[C@H]3C2)noc1C. The van der Waals surface area contributed by atoms with Crippen LogP contribution in [0.25, 0.3) is 0 Å². The standard InChI is InChI=1S/C14H19N3O4/c1-8-11(7-20-2)13(16-21-8)14(19)17-5-9-3-12(18)15-4-10(9)6-17/h9-10H,3-7H2,1-2H3,(H,15,18)/t9-,10+/m0/s1. The van der Waals surface area contributed by atoms with Gasteiger partial charge in [0.1, 0.15) is 5.76 Å². The Hall–Kier alpha value is -1.89. The van der Waals surface area contributed by atoms with E-state index >= 15 is 0 Å². The van der Waals surface area contributed by atoms with Gasteiger partial charge in [0.25, 0.3) is 5.91 Å². The van der Waals surface area contributed by atoms with Gasteiger partial charge in [-0.1, -0.05) is 5.16 Å². The third kappa shape index (κ3) is 2.53. The number of fused-ring (bicyclic) bond motifs is 1. The molecule has 0 radical (unpaired) electrons. The highest BCUT2D eigenvalue weighted by molar-refractivity contribution is 5.94. The number of nitrogens with one attached hydrogen (secondary N) is 1. The molecule has 114 valence electrons. The monoisotopic (exact) mass is 293 g/mol. The minimum atomic E-state index is -0.138. The highest BCUT2D eigenvalue weighted by atomic mass is 16.5. The minimum Gasteiger partial charge on any atom is -0.380 e. The first kappa shape index (κ1) is 14.1. The van der Waals surface area contributed by atoms with E-state index in [9.17, 15) is 9.59 Å². The van der Waals surface area contributed by atoms with E-state index in [1.807, 2.05) is 0 Å². The minimum absolute atomic E-state index is 0.0721. The van der Waals surface area contributed by atoms with E-state index in [0.29, 0.717) is 55.6 Å². The predicted molar refractivity (Wildman–Crippen MR) is 72.5 cm³/mol. The molecule has 2 saturated heterocycles. The molecule has 2 atom stereocenters. The lowest BCUT2D eigenvalue weighted by atomic mass is 9.89. The van der Waals surface area contributed by atoms with Crippen molar-refractivity contribution in [1.82, 2.24) is 15.4 Å². The summed E-state index contributed by atoms with van der Waals surface area (Å²) in [6.45, 7) is 3.98. The lowest BCUT2D eigenvalue weighted by molar-refractivity contribution is -0.124. The van der Waals surface area contributed by atoms with E-state index in [1.165, 1.54) is 0 Å². The van der Waals surface area contributed by atoms with Crippen molar-refractivity contribution in [3.8, 4) is 0 Å². The van der Waals surface area contributed by atoms with Crippen LogP contribution >= 0.6 is 0 Å². The summed E-state index contributed by atoms with van der Waals surface area (Å²) in [7, 11) is 1.57. The normalized spacial score (nSPS) is 24.9. The molecule has 3 rings (SSSR count). The smallest absolute Gasteiger partial charge is 0.276 e. The van der Waals surface area contributed by atoms with Gasteiger partial charge in [-0.3, -0.25) is 9.59 Å². The van der Waals surface area contributed by atoms with Crippen LogP contribution in [0, 0.1) is 18.8 Å². The summed E-state index contributed by atoms with van der Waals surface area (Å²) < 4.78 is 10.2. The zero-order valence-electron chi connectivity index (χ0n) is 12.2. The molecule has 7 heteroatoms. The number of ether oxygens (including phenoxy) is 1. The molecule has 7 nitrogen and oxygen atoms in total. The maximum atomic E-state index is 12.6. The fraction of sp³-hybridized carbons (Fsp3) is 0.643. The van der Waals surface area contributed by atoms with Crippen LogP contribution in [0.3, 0.4) is 0 Å². The molecule has 1 N–H and O–H groups in total. The molecule has 2 aliphatic heterocycles. The average molecular weight is 293 g/mol. The van der Waals surface area contributed by atoms with Crippen molar-refractivity contribution in [2.75, 3.05) is 26.7 Å². The number of aryl methyl sites for hydroxylation is 1. The van der Waals surface area contributed by atoms with E-state index in [4.69, 9.17) is 9.26 Å². The summed E-state index contributed by atoms with van der Waals surface area (Å²) >= 11 is 0. The van der Waals surface area contributed by atoms with Crippen LogP contribution in [0.4, 0.5) is 0 Å². The largest absolute Gasteiger partial charge is 0.380 e. The second-order valence-electron chi connectivity index (χ2n) is 5.74. The first-order valence-electron chi connectivity index (χ1n) is 7.10. The second-order valence-corrected chi connectivity index (χ2v) is 5.74. The summed E-state index contributed by atoms with van der Waals surface area (Å²) in [5.74, 6) is 1.13. The molecule has 0 aliphatic carbocycles. The number of carbonyl (C=O) groups is 2. The van der Waals surface area contributed by atoms with Crippen LogP contribution in [-0.2, 0) is 16.1 Å². The summed E-state index contributed by atoms with van der Waals surface area (Å²) in [6.07, 6.45) is 0.497. The topological polar surface area (TPSA) is 84.7 Å². The zero-order valence-corrected chi connectivity index (χ0v) is 12.2. The highest BCUT2D eigenvalue weighted by Crippen LogP contribution is 2.30. The van der Waals surface area contributed by atoms with E-state index in [0.717, 1.165) is 0 Å². The Labute approximate surface area is 122 Å². The van der Waals surface area contributed by atoms with Crippen LogP contribution in [0.5, 0.6) is 0 Å². The third-order valence-corrected chi connectivity index (χ3v) is 4.35. The number of methoxy groups -OCH3 is 1. The van der Waals surface area contributed by atoms with E-state index in [-0.39, 0.29) is 17.7 Å². The lowest BCUT2D eigenvalue weighted by Gasteiger charge is -2.23. The van der Waals surface area contributed by atoms with Crippen LogP contribution in [-0.4, -0.2) is 48.6 Å². The van der Waals surface area contributed by atoms with E-state index < -0.39 is 0 Å². The molecule has 1 aromatic rings. The number of carbonyl (C=O) groups excluding carboxylic acids is 2. The first-order valence-corrected chi connectivity index (χ1v) is 7.10. The van der Waals surface area contributed by atoms with Gasteiger partial charge in [-0.15, -0.1) is 0 Å². The van der Waals surface area contributed by atoms with Crippen molar-refractivity contribution >= 4 is 11.8 Å². The van der Waals surface area contributed by atoms with Gasteiger partial charge in [0.2, 0.25) is 5.91 Å². The van der Waals surface area contributed by atoms with Crippen molar-refractivity contribution < 1.29 is 18.8 Å². The summed E-state index contributed by atoms with van der Waals surface area (Å²) in [5, 5.41) is 6.74. The molecule has 0 unspecified atom stereocenters. The van der Waals surface area contributed by atoms with Gasteiger partial charge in [-0.05, 0) is 18.8 Å². The van der Waals surface area contributed by atoms with Crippen molar-refractivity contribution in [3.05, 3.63) is 17.0 Å². The van der Waals surface area contributed by atoms with Crippen molar-refractivity contribution in [2.45, 2.75) is 20.0 Å². The number of hydrogen-bond acceptors (Lipinski definition) is 5. The molecule has 2 fully saturated rings. The molecular weight excluding hydrogens is 274 g/mol. The molecular formula is C14H19N3O4. The maximum absolute atomic E-state index is 12.6. The molecule has 0 saturated carbocycles. The van der Waals surface area contributed by atoms with Crippen molar-refractivity contribution in [2.24, 2.45) is 11.8 Å². The number of hydrogen-bond donors (Lipinski definition) is 1. The second kappa shape index (κ2) is 5.48. The Morgan fingerprint density at radius 2 is 2.24 bits per heavy atom. The lowest BCUT2D eigenvalue weighted by Crippen LogP contribution is -2.40. The van der Waals surface area contributed by atoms with Gasteiger partial charge in [-0.25, -0.2) is 0 Å². The van der Waals surface area contributed by atoms with E-state index in [2.05, 4.69) is 10.5 Å².